The monoisotopic (exact) mass is 387 g/mol. The molecule has 0 saturated carbocycles. The molecule has 0 aliphatic carbocycles. The summed E-state index contributed by atoms with van der Waals surface area (Å²) < 4.78 is 0. The molecule has 0 fully saturated rings. The number of thiophene rings is 1. The van der Waals surface area contributed by atoms with E-state index >= 15 is 0 Å². The fourth-order valence-electron chi connectivity index (χ4n) is 2.92. The summed E-state index contributed by atoms with van der Waals surface area (Å²) in [7, 11) is 0. The fourth-order valence-corrected chi connectivity index (χ4v) is 3.49. The number of nitrogens with one attached hydrogen (secondary N) is 2. The van der Waals surface area contributed by atoms with Crippen molar-refractivity contribution in [1.29, 1.82) is 0 Å². The SMILES string of the molecule is O=C1CN(C(=O)CNc2cccc(C#Cc3cccs3)c2)c2ccccc2N1. The quantitative estimate of drug-likeness (QED) is 0.676. The van der Waals surface area contributed by atoms with Crippen LogP contribution >= 0.6 is 11.3 Å². The van der Waals surface area contributed by atoms with Crippen molar-refractivity contribution in [2.45, 2.75) is 0 Å². The molecule has 28 heavy (non-hydrogen) atoms. The summed E-state index contributed by atoms with van der Waals surface area (Å²) in [6.07, 6.45) is 0. The first kappa shape index (κ1) is 17.8. The van der Waals surface area contributed by atoms with E-state index in [0.717, 1.165) is 16.1 Å². The summed E-state index contributed by atoms with van der Waals surface area (Å²) in [4.78, 5) is 27.1. The second-order valence-electron chi connectivity index (χ2n) is 6.21. The van der Waals surface area contributed by atoms with Gasteiger partial charge in [-0.3, -0.25) is 14.5 Å². The number of rotatable bonds is 3. The minimum atomic E-state index is -0.196. The highest BCUT2D eigenvalue weighted by Crippen LogP contribution is 2.28. The Hall–Kier alpha value is -3.56. The Labute approximate surface area is 167 Å². The standard InChI is InChI=1S/C22H17N3O2S/c26-21-15-25(20-9-2-1-8-19(20)24-21)22(27)14-23-17-6-3-5-16(13-17)10-11-18-7-4-12-28-18/h1-9,12-13,23H,14-15H2,(H,24,26). The normalized spacial score (nSPS) is 12.4. The van der Waals surface area contributed by atoms with Crippen LogP contribution in [0.5, 0.6) is 0 Å². The van der Waals surface area contributed by atoms with Gasteiger partial charge in [-0.25, -0.2) is 0 Å². The molecule has 2 amide bonds. The highest BCUT2D eigenvalue weighted by atomic mass is 32.1. The lowest BCUT2D eigenvalue weighted by Gasteiger charge is -2.29. The number of fused-ring (bicyclic) bond motifs is 1. The summed E-state index contributed by atoms with van der Waals surface area (Å²) in [5.41, 5.74) is 3.04. The van der Waals surface area contributed by atoms with Gasteiger partial charge in [0.1, 0.15) is 6.54 Å². The molecule has 138 valence electrons. The van der Waals surface area contributed by atoms with E-state index in [0.29, 0.717) is 11.4 Å². The van der Waals surface area contributed by atoms with Gasteiger partial charge in [-0.15, -0.1) is 11.3 Å². The second-order valence-corrected chi connectivity index (χ2v) is 7.15. The maximum absolute atomic E-state index is 12.7. The van der Waals surface area contributed by atoms with Gasteiger partial charge in [0.25, 0.3) is 0 Å². The molecule has 0 bridgehead atoms. The van der Waals surface area contributed by atoms with E-state index in [1.54, 1.807) is 17.4 Å². The van der Waals surface area contributed by atoms with Crippen LogP contribution in [0.4, 0.5) is 17.1 Å². The molecule has 1 aromatic heterocycles. The lowest BCUT2D eigenvalue weighted by Crippen LogP contribution is -2.44. The van der Waals surface area contributed by atoms with Gasteiger partial charge < -0.3 is 10.6 Å². The van der Waals surface area contributed by atoms with Crippen LogP contribution in [-0.4, -0.2) is 24.9 Å². The molecule has 1 aliphatic heterocycles. The van der Waals surface area contributed by atoms with Crippen LogP contribution in [0.25, 0.3) is 0 Å². The van der Waals surface area contributed by atoms with Gasteiger partial charge in [0, 0.05) is 11.3 Å². The van der Waals surface area contributed by atoms with E-state index in [9.17, 15) is 9.59 Å². The van der Waals surface area contributed by atoms with Gasteiger partial charge in [-0.1, -0.05) is 36.1 Å². The lowest BCUT2D eigenvalue weighted by molar-refractivity contribution is -0.120. The van der Waals surface area contributed by atoms with E-state index in [1.165, 1.54) is 4.90 Å². The highest BCUT2D eigenvalue weighted by molar-refractivity contribution is 7.10. The number of hydrogen-bond donors (Lipinski definition) is 2. The Morgan fingerprint density at radius 2 is 2.00 bits per heavy atom. The van der Waals surface area contributed by atoms with Gasteiger partial charge in [0.2, 0.25) is 11.8 Å². The third-order valence-corrected chi connectivity index (χ3v) is 5.01. The summed E-state index contributed by atoms with van der Waals surface area (Å²) >= 11 is 1.60. The predicted molar refractivity (Wildman–Crippen MR) is 113 cm³/mol. The summed E-state index contributed by atoms with van der Waals surface area (Å²) in [5, 5.41) is 7.91. The third-order valence-electron chi connectivity index (χ3n) is 4.23. The van der Waals surface area contributed by atoms with Crippen LogP contribution in [0.15, 0.2) is 66.0 Å². The molecule has 0 radical (unpaired) electrons. The van der Waals surface area contributed by atoms with Gasteiger partial charge in [-0.2, -0.15) is 0 Å². The molecule has 5 nitrogen and oxygen atoms in total. The maximum atomic E-state index is 12.7. The Kier molecular flexibility index (Phi) is 5.09. The number of para-hydroxylation sites is 2. The topological polar surface area (TPSA) is 61.4 Å². The Morgan fingerprint density at radius 3 is 2.86 bits per heavy atom. The van der Waals surface area contributed by atoms with E-state index in [2.05, 4.69) is 22.5 Å². The molecule has 3 aromatic rings. The maximum Gasteiger partial charge on any atom is 0.246 e. The first-order valence-electron chi connectivity index (χ1n) is 8.78. The Bertz CT molecular complexity index is 1080. The number of carbonyl (C=O) groups is 2. The van der Waals surface area contributed by atoms with Crippen molar-refractivity contribution in [2.75, 3.05) is 28.6 Å². The van der Waals surface area contributed by atoms with Gasteiger partial charge in [0.05, 0.1) is 22.8 Å². The zero-order valence-electron chi connectivity index (χ0n) is 14.9. The minimum absolute atomic E-state index is 0.0177. The van der Waals surface area contributed by atoms with E-state index < -0.39 is 0 Å². The summed E-state index contributed by atoms with van der Waals surface area (Å²) in [6.45, 7) is 0.104. The van der Waals surface area contributed by atoms with Crippen molar-refractivity contribution in [1.82, 2.24) is 0 Å². The highest BCUT2D eigenvalue weighted by Gasteiger charge is 2.26. The molecule has 1 aliphatic rings. The largest absolute Gasteiger partial charge is 0.376 e. The van der Waals surface area contributed by atoms with E-state index in [4.69, 9.17) is 0 Å². The van der Waals surface area contributed by atoms with Gasteiger partial charge in [0.15, 0.2) is 0 Å². The second kappa shape index (κ2) is 7.99. The molecule has 2 N–H and O–H groups in total. The molecule has 2 heterocycles. The van der Waals surface area contributed by atoms with Crippen LogP contribution in [0.2, 0.25) is 0 Å². The average molecular weight is 387 g/mol. The Balaban J connectivity index is 1.44. The summed E-state index contributed by atoms with van der Waals surface area (Å²) in [6, 6.07) is 18.9. The van der Waals surface area contributed by atoms with Crippen LogP contribution in [0, 0.1) is 11.8 Å². The van der Waals surface area contributed by atoms with Crippen LogP contribution < -0.4 is 15.5 Å². The van der Waals surface area contributed by atoms with E-state index in [1.807, 2.05) is 60.0 Å². The zero-order valence-corrected chi connectivity index (χ0v) is 15.8. The van der Waals surface area contributed by atoms with Gasteiger partial charge >= 0.3 is 0 Å². The van der Waals surface area contributed by atoms with Crippen molar-refractivity contribution in [3.05, 3.63) is 76.5 Å². The molecule has 2 aromatic carbocycles. The fraction of sp³-hybridized carbons (Fsp3) is 0.0909. The number of anilines is 3. The summed E-state index contributed by atoms with van der Waals surface area (Å²) in [5.74, 6) is 5.89. The minimum Gasteiger partial charge on any atom is -0.376 e. The molecule has 0 atom stereocenters. The van der Waals surface area contributed by atoms with Crippen LogP contribution in [0.3, 0.4) is 0 Å². The number of carbonyl (C=O) groups excluding carboxylic acids is 2. The Morgan fingerprint density at radius 1 is 1.11 bits per heavy atom. The number of amides is 2. The molecule has 0 saturated heterocycles. The molecule has 0 unspecified atom stereocenters. The zero-order chi connectivity index (χ0) is 19.3. The number of benzene rings is 2. The van der Waals surface area contributed by atoms with Crippen LogP contribution in [0.1, 0.15) is 10.4 Å². The number of hydrogen-bond acceptors (Lipinski definition) is 4. The van der Waals surface area contributed by atoms with Crippen molar-refractivity contribution in [3.63, 3.8) is 0 Å². The van der Waals surface area contributed by atoms with E-state index in [-0.39, 0.29) is 24.9 Å². The van der Waals surface area contributed by atoms with Gasteiger partial charge in [-0.05, 0) is 41.8 Å². The lowest BCUT2D eigenvalue weighted by atomic mass is 10.2. The molecule has 0 spiro atoms. The van der Waals surface area contributed by atoms with Crippen molar-refractivity contribution >= 4 is 40.2 Å². The first-order chi connectivity index (χ1) is 13.7. The van der Waals surface area contributed by atoms with Crippen molar-refractivity contribution in [3.8, 4) is 11.8 Å². The number of nitrogens with zero attached hydrogens (tertiary/aromatic N) is 1. The van der Waals surface area contributed by atoms with Crippen LogP contribution in [-0.2, 0) is 9.59 Å². The first-order valence-corrected chi connectivity index (χ1v) is 9.66. The smallest absolute Gasteiger partial charge is 0.246 e. The molecular formula is C22H17N3O2S. The molecular weight excluding hydrogens is 370 g/mol. The van der Waals surface area contributed by atoms with Crippen molar-refractivity contribution in [2.24, 2.45) is 0 Å². The van der Waals surface area contributed by atoms with Crippen molar-refractivity contribution < 1.29 is 9.59 Å². The average Bonchev–Trinajstić information content (AvgIpc) is 3.24. The predicted octanol–water partition coefficient (Wildman–Crippen LogP) is 3.55. The molecule has 6 heteroatoms. The third kappa shape index (κ3) is 4.05. The molecule has 4 rings (SSSR count).